The third kappa shape index (κ3) is 2.95. The number of rotatable bonds is 3. The number of halogens is 1. The van der Waals surface area contributed by atoms with Crippen LogP contribution in [0.4, 0.5) is 0 Å². The molecule has 1 aliphatic rings. The third-order valence-corrected chi connectivity index (χ3v) is 4.46. The summed E-state index contributed by atoms with van der Waals surface area (Å²) in [6, 6.07) is 7.89. The molecule has 6 nitrogen and oxygen atoms in total. The molecule has 1 saturated carbocycles. The van der Waals surface area contributed by atoms with Gasteiger partial charge in [-0.05, 0) is 49.6 Å². The molecule has 3 aromatic rings. The van der Waals surface area contributed by atoms with E-state index in [4.69, 9.17) is 10.3 Å². The molecule has 4 rings (SSSR count). The van der Waals surface area contributed by atoms with E-state index in [1.165, 1.54) is 0 Å². The smallest absolute Gasteiger partial charge is 0.257 e. The van der Waals surface area contributed by atoms with Gasteiger partial charge in [0.1, 0.15) is 0 Å². The molecular weight excluding hydrogens is 326 g/mol. The highest BCUT2D eigenvalue weighted by Gasteiger charge is 2.36. The Balaban J connectivity index is 0.00000169. The van der Waals surface area contributed by atoms with E-state index in [0.717, 1.165) is 42.5 Å². The van der Waals surface area contributed by atoms with Gasteiger partial charge in [-0.1, -0.05) is 18.0 Å². The van der Waals surface area contributed by atoms with Gasteiger partial charge in [0.2, 0.25) is 0 Å². The van der Waals surface area contributed by atoms with Crippen LogP contribution < -0.4 is 5.73 Å². The van der Waals surface area contributed by atoms with E-state index in [0.29, 0.717) is 11.7 Å². The highest BCUT2D eigenvalue weighted by molar-refractivity contribution is 5.85. The second-order valence-corrected chi connectivity index (χ2v) is 6.30. The minimum absolute atomic E-state index is 0. The van der Waals surface area contributed by atoms with Crippen molar-refractivity contribution >= 4 is 12.4 Å². The Kier molecular flexibility index (Phi) is 4.43. The zero-order valence-electron chi connectivity index (χ0n) is 13.5. The first-order chi connectivity index (χ1) is 11.1. The molecular formula is C17H20ClN5O. The van der Waals surface area contributed by atoms with Crippen molar-refractivity contribution in [3.8, 4) is 17.1 Å². The van der Waals surface area contributed by atoms with Crippen LogP contribution in [0.1, 0.15) is 37.1 Å². The summed E-state index contributed by atoms with van der Waals surface area (Å²) in [6.07, 6.45) is 7.91. The van der Waals surface area contributed by atoms with Crippen molar-refractivity contribution in [2.24, 2.45) is 5.73 Å². The van der Waals surface area contributed by atoms with Gasteiger partial charge in [0.25, 0.3) is 5.89 Å². The molecule has 0 atom stereocenters. The summed E-state index contributed by atoms with van der Waals surface area (Å²) in [7, 11) is 0. The summed E-state index contributed by atoms with van der Waals surface area (Å²) >= 11 is 0. The van der Waals surface area contributed by atoms with Crippen LogP contribution in [0.3, 0.4) is 0 Å². The van der Waals surface area contributed by atoms with Gasteiger partial charge in [-0.15, -0.1) is 12.4 Å². The molecule has 2 N–H and O–H groups in total. The van der Waals surface area contributed by atoms with Crippen molar-refractivity contribution in [3.05, 3.63) is 48.0 Å². The Morgan fingerprint density at radius 1 is 1.17 bits per heavy atom. The molecule has 2 aromatic heterocycles. The number of aryl methyl sites for hydroxylation is 1. The number of hydrogen-bond acceptors (Lipinski definition) is 5. The van der Waals surface area contributed by atoms with Gasteiger partial charge < -0.3 is 10.3 Å². The SMILES string of the molecule is Cc1cnn(-c2ccc(-c3nc(C4(N)CCCC4)no3)cc2)c1.Cl. The fourth-order valence-corrected chi connectivity index (χ4v) is 3.08. The van der Waals surface area contributed by atoms with Gasteiger partial charge >= 0.3 is 0 Å². The molecule has 0 saturated heterocycles. The second kappa shape index (κ2) is 6.37. The third-order valence-electron chi connectivity index (χ3n) is 4.46. The first kappa shape index (κ1) is 16.7. The Labute approximate surface area is 146 Å². The lowest BCUT2D eigenvalue weighted by Crippen LogP contribution is -2.34. The molecule has 0 bridgehead atoms. The van der Waals surface area contributed by atoms with Crippen LogP contribution in [-0.4, -0.2) is 19.9 Å². The van der Waals surface area contributed by atoms with E-state index in [2.05, 4.69) is 15.2 Å². The fraction of sp³-hybridized carbons (Fsp3) is 0.353. The number of aromatic nitrogens is 4. The maximum Gasteiger partial charge on any atom is 0.257 e. The van der Waals surface area contributed by atoms with Gasteiger partial charge in [-0.25, -0.2) is 4.68 Å². The molecule has 126 valence electrons. The Bertz CT molecular complexity index is 818. The van der Waals surface area contributed by atoms with Crippen LogP contribution in [0.5, 0.6) is 0 Å². The molecule has 1 aliphatic carbocycles. The van der Waals surface area contributed by atoms with E-state index < -0.39 is 5.54 Å². The molecule has 0 spiro atoms. The Morgan fingerprint density at radius 3 is 2.50 bits per heavy atom. The van der Waals surface area contributed by atoms with Crippen molar-refractivity contribution in [1.29, 1.82) is 0 Å². The van der Waals surface area contributed by atoms with E-state index in [9.17, 15) is 0 Å². The predicted molar refractivity (Wildman–Crippen MR) is 93.2 cm³/mol. The average Bonchev–Trinajstić information content (AvgIpc) is 3.28. The van der Waals surface area contributed by atoms with Crippen molar-refractivity contribution in [2.45, 2.75) is 38.1 Å². The van der Waals surface area contributed by atoms with Gasteiger partial charge in [0, 0.05) is 11.8 Å². The molecule has 1 fully saturated rings. The van der Waals surface area contributed by atoms with Gasteiger partial charge in [0.05, 0.1) is 17.4 Å². The van der Waals surface area contributed by atoms with Crippen molar-refractivity contribution in [3.63, 3.8) is 0 Å². The van der Waals surface area contributed by atoms with E-state index in [1.807, 2.05) is 48.3 Å². The summed E-state index contributed by atoms with van der Waals surface area (Å²) in [5, 5.41) is 8.40. The van der Waals surface area contributed by atoms with Crippen LogP contribution in [0.25, 0.3) is 17.1 Å². The molecule has 0 aliphatic heterocycles. The molecule has 2 heterocycles. The highest BCUT2D eigenvalue weighted by Crippen LogP contribution is 2.35. The largest absolute Gasteiger partial charge is 0.334 e. The zero-order valence-corrected chi connectivity index (χ0v) is 14.3. The average molecular weight is 346 g/mol. The van der Waals surface area contributed by atoms with Gasteiger partial charge in [-0.3, -0.25) is 0 Å². The van der Waals surface area contributed by atoms with Crippen LogP contribution in [0, 0.1) is 6.92 Å². The summed E-state index contributed by atoms with van der Waals surface area (Å²) in [4.78, 5) is 4.52. The maximum absolute atomic E-state index is 6.38. The van der Waals surface area contributed by atoms with Crippen molar-refractivity contribution < 1.29 is 4.52 Å². The normalized spacial score (nSPS) is 16.1. The number of benzene rings is 1. The Morgan fingerprint density at radius 2 is 1.88 bits per heavy atom. The lowest BCUT2D eigenvalue weighted by Gasteiger charge is -2.17. The molecule has 1 aromatic carbocycles. The number of hydrogen-bond donors (Lipinski definition) is 1. The van der Waals surface area contributed by atoms with Crippen molar-refractivity contribution in [2.75, 3.05) is 0 Å². The summed E-state index contributed by atoms with van der Waals surface area (Å²) in [6.45, 7) is 2.02. The lowest BCUT2D eigenvalue weighted by molar-refractivity contribution is 0.372. The minimum Gasteiger partial charge on any atom is -0.334 e. The number of nitrogens with zero attached hydrogens (tertiary/aromatic N) is 4. The molecule has 0 unspecified atom stereocenters. The molecule has 24 heavy (non-hydrogen) atoms. The quantitative estimate of drug-likeness (QED) is 0.786. The van der Waals surface area contributed by atoms with E-state index >= 15 is 0 Å². The van der Waals surface area contributed by atoms with Crippen LogP contribution in [-0.2, 0) is 5.54 Å². The Hall–Kier alpha value is -2.18. The van der Waals surface area contributed by atoms with Gasteiger partial charge in [0.15, 0.2) is 5.82 Å². The van der Waals surface area contributed by atoms with Crippen molar-refractivity contribution in [1.82, 2.24) is 19.9 Å². The second-order valence-electron chi connectivity index (χ2n) is 6.30. The van der Waals surface area contributed by atoms with Crippen LogP contribution in [0.15, 0.2) is 41.2 Å². The summed E-state index contributed by atoms with van der Waals surface area (Å²) in [5.74, 6) is 1.14. The summed E-state index contributed by atoms with van der Waals surface area (Å²) < 4.78 is 7.25. The van der Waals surface area contributed by atoms with E-state index in [1.54, 1.807) is 0 Å². The van der Waals surface area contributed by atoms with E-state index in [-0.39, 0.29) is 12.4 Å². The van der Waals surface area contributed by atoms with Crippen LogP contribution in [0.2, 0.25) is 0 Å². The minimum atomic E-state index is -0.422. The van der Waals surface area contributed by atoms with Gasteiger partial charge in [-0.2, -0.15) is 10.1 Å². The molecule has 0 radical (unpaired) electrons. The van der Waals surface area contributed by atoms with Crippen LogP contribution >= 0.6 is 12.4 Å². The maximum atomic E-state index is 6.38. The zero-order chi connectivity index (χ0) is 15.9. The molecule has 0 amide bonds. The lowest BCUT2D eigenvalue weighted by atomic mass is 9.99. The standard InChI is InChI=1S/C17H19N5O.ClH/c1-12-10-19-22(11-12)14-6-4-13(5-7-14)15-20-16(21-23-15)17(18)8-2-3-9-17;/h4-7,10-11H,2-3,8-9,18H2,1H3;1H. The predicted octanol–water partition coefficient (Wildman–Crippen LogP) is 3.38. The summed E-state index contributed by atoms with van der Waals surface area (Å²) in [5.41, 5.74) is 8.96. The fourth-order valence-electron chi connectivity index (χ4n) is 3.08. The highest BCUT2D eigenvalue weighted by atomic mass is 35.5. The topological polar surface area (TPSA) is 82.8 Å². The number of nitrogens with two attached hydrogens (primary N) is 1. The monoisotopic (exact) mass is 345 g/mol. The molecule has 7 heteroatoms. The first-order valence-electron chi connectivity index (χ1n) is 7.89. The first-order valence-corrected chi connectivity index (χ1v) is 7.89.